The zero-order valence-electron chi connectivity index (χ0n) is 7.44. The molecule has 2 unspecified atom stereocenters. The van der Waals surface area contributed by atoms with E-state index in [1.54, 1.807) is 0 Å². The second-order valence-electron chi connectivity index (χ2n) is 3.14. The van der Waals surface area contributed by atoms with Gasteiger partial charge < -0.3 is 10.1 Å². The number of hydrogen-bond acceptors (Lipinski definition) is 2. The van der Waals surface area contributed by atoms with E-state index in [2.05, 4.69) is 21.2 Å². The third-order valence-electron chi connectivity index (χ3n) is 2.20. The van der Waals surface area contributed by atoms with Gasteiger partial charge in [-0.25, -0.2) is 4.79 Å². The summed E-state index contributed by atoms with van der Waals surface area (Å²) in [7, 11) is 0. The van der Waals surface area contributed by atoms with Crippen LogP contribution < -0.4 is 5.32 Å². The predicted octanol–water partition coefficient (Wildman–Crippen LogP) is 2.23. The third-order valence-corrected chi connectivity index (χ3v) is 2.89. The van der Waals surface area contributed by atoms with Crippen LogP contribution in [0.4, 0.5) is 4.79 Å². The fourth-order valence-corrected chi connectivity index (χ4v) is 2.02. The SMILES string of the molecule is O=C1NC(CBr)C(c2ccccc2)O1. The molecular weight excluding hydrogens is 246 g/mol. The number of ether oxygens (including phenoxy) is 1. The van der Waals surface area contributed by atoms with Crippen molar-refractivity contribution in [3.63, 3.8) is 0 Å². The molecule has 0 aromatic heterocycles. The molecule has 1 heterocycles. The van der Waals surface area contributed by atoms with Gasteiger partial charge in [-0.05, 0) is 5.56 Å². The lowest BCUT2D eigenvalue weighted by Gasteiger charge is -2.14. The van der Waals surface area contributed by atoms with Gasteiger partial charge in [0.25, 0.3) is 0 Å². The number of halogens is 1. The van der Waals surface area contributed by atoms with E-state index < -0.39 is 0 Å². The van der Waals surface area contributed by atoms with E-state index in [0.29, 0.717) is 5.33 Å². The van der Waals surface area contributed by atoms with Gasteiger partial charge in [-0.3, -0.25) is 0 Å². The quantitative estimate of drug-likeness (QED) is 0.824. The Morgan fingerprint density at radius 3 is 2.71 bits per heavy atom. The van der Waals surface area contributed by atoms with E-state index in [4.69, 9.17) is 4.74 Å². The summed E-state index contributed by atoms with van der Waals surface area (Å²) in [4.78, 5) is 11.0. The molecule has 3 nitrogen and oxygen atoms in total. The highest BCUT2D eigenvalue weighted by molar-refractivity contribution is 9.09. The first-order valence-electron chi connectivity index (χ1n) is 4.39. The van der Waals surface area contributed by atoms with Crippen molar-refractivity contribution in [2.45, 2.75) is 12.1 Å². The molecule has 1 aliphatic rings. The Hall–Kier alpha value is -1.03. The van der Waals surface area contributed by atoms with Crippen LogP contribution >= 0.6 is 15.9 Å². The minimum absolute atomic E-state index is 0.0184. The van der Waals surface area contributed by atoms with E-state index in [0.717, 1.165) is 5.56 Å². The molecule has 2 rings (SSSR count). The van der Waals surface area contributed by atoms with E-state index >= 15 is 0 Å². The molecule has 1 N–H and O–H groups in total. The van der Waals surface area contributed by atoms with E-state index in [9.17, 15) is 4.79 Å². The Morgan fingerprint density at radius 2 is 2.07 bits per heavy atom. The molecule has 0 radical (unpaired) electrons. The molecule has 4 heteroatoms. The molecule has 1 saturated heterocycles. The van der Waals surface area contributed by atoms with Crippen molar-refractivity contribution in [3.8, 4) is 0 Å². The van der Waals surface area contributed by atoms with Crippen LogP contribution in [0.15, 0.2) is 30.3 Å². The zero-order valence-corrected chi connectivity index (χ0v) is 9.03. The highest BCUT2D eigenvalue weighted by Gasteiger charge is 2.33. The fourth-order valence-electron chi connectivity index (χ4n) is 1.52. The van der Waals surface area contributed by atoms with E-state index in [-0.39, 0.29) is 18.2 Å². The monoisotopic (exact) mass is 255 g/mol. The fraction of sp³-hybridized carbons (Fsp3) is 0.300. The number of hydrogen-bond donors (Lipinski definition) is 1. The number of amides is 1. The Labute approximate surface area is 90.6 Å². The number of rotatable bonds is 2. The summed E-state index contributed by atoms with van der Waals surface area (Å²) >= 11 is 3.35. The largest absolute Gasteiger partial charge is 0.439 e. The maximum absolute atomic E-state index is 11.0. The predicted molar refractivity (Wildman–Crippen MR) is 56.4 cm³/mol. The minimum atomic E-state index is -0.344. The molecule has 1 fully saturated rings. The molecule has 0 bridgehead atoms. The topological polar surface area (TPSA) is 38.3 Å². The molecule has 1 amide bonds. The number of cyclic esters (lactones) is 1. The van der Waals surface area contributed by atoms with Crippen LogP contribution in [0, 0.1) is 0 Å². The lowest BCUT2D eigenvalue weighted by atomic mass is 10.0. The molecule has 0 spiro atoms. The standard InChI is InChI=1S/C10H10BrNO2/c11-6-8-9(14-10(13)12-8)7-4-2-1-3-5-7/h1-5,8-9H,6H2,(H,12,13). The summed E-state index contributed by atoms with van der Waals surface area (Å²) in [5.74, 6) is 0. The summed E-state index contributed by atoms with van der Waals surface area (Å²) in [5.41, 5.74) is 1.02. The van der Waals surface area contributed by atoms with Crippen LogP contribution in [0.1, 0.15) is 11.7 Å². The van der Waals surface area contributed by atoms with Crippen LogP contribution in [0.3, 0.4) is 0 Å². The summed E-state index contributed by atoms with van der Waals surface area (Å²) in [6.45, 7) is 0. The first-order chi connectivity index (χ1) is 6.81. The summed E-state index contributed by atoms with van der Waals surface area (Å²) in [5, 5.41) is 3.44. The Bertz CT molecular complexity index is 328. The first kappa shape index (κ1) is 9.52. The maximum atomic E-state index is 11.0. The molecular formula is C10H10BrNO2. The average Bonchev–Trinajstić information content (AvgIpc) is 2.61. The van der Waals surface area contributed by atoms with Crippen LogP contribution in [-0.4, -0.2) is 17.5 Å². The lowest BCUT2D eigenvalue weighted by molar-refractivity contribution is 0.134. The van der Waals surface area contributed by atoms with Crippen LogP contribution in [-0.2, 0) is 4.74 Å². The average molecular weight is 256 g/mol. The minimum Gasteiger partial charge on any atom is -0.439 e. The van der Waals surface area contributed by atoms with Crippen molar-refractivity contribution in [1.82, 2.24) is 5.32 Å². The molecule has 74 valence electrons. The second kappa shape index (κ2) is 4.00. The summed E-state index contributed by atoms with van der Waals surface area (Å²) in [6, 6.07) is 9.75. The van der Waals surface area contributed by atoms with Gasteiger partial charge in [0.15, 0.2) is 0 Å². The smallest absolute Gasteiger partial charge is 0.408 e. The Balaban J connectivity index is 2.22. The lowest BCUT2D eigenvalue weighted by Crippen LogP contribution is -2.28. The highest BCUT2D eigenvalue weighted by atomic mass is 79.9. The molecule has 2 atom stereocenters. The van der Waals surface area contributed by atoms with Crippen molar-refractivity contribution in [3.05, 3.63) is 35.9 Å². The molecule has 1 aromatic carbocycles. The van der Waals surface area contributed by atoms with E-state index in [1.807, 2.05) is 30.3 Å². The molecule has 1 aromatic rings. The van der Waals surface area contributed by atoms with Gasteiger partial charge in [0, 0.05) is 5.33 Å². The molecule has 0 aliphatic carbocycles. The van der Waals surface area contributed by atoms with Crippen molar-refractivity contribution in [2.75, 3.05) is 5.33 Å². The number of carbonyl (C=O) groups is 1. The van der Waals surface area contributed by atoms with E-state index in [1.165, 1.54) is 0 Å². The van der Waals surface area contributed by atoms with Gasteiger partial charge in [-0.2, -0.15) is 0 Å². The molecule has 0 saturated carbocycles. The number of carbonyl (C=O) groups excluding carboxylic acids is 1. The van der Waals surface area contributed by atoms with Gasteiger partial charge in [0.1, 0.15) is 6.10 Å². The maximum Gasteiger partial charge on any atom is 0.408 e. The number of alkyl halides is 1. The molecule has 1 aliphatic heterocycles. The molecule has 14 heavy (non-hydrogen) atoms. The Kier molecular flexibility index (Phi) is 2.72. The van der Waals surface area contributed by atoms with Gasteiger partial charge >= 0.3 is 6.09 Å². The van der Waals surface area contributed by atoms with Crippen molar-refractivity contribution >= 4 is 22.0 Å². The van der Waals surface area contributed by atoms with Crippen molar-refractivity contribution in [1.29, 1.82) is 0 Å². The summed E-state index contributed by atoms with van der Waals surface area (Å²) < 4.78 is 5.17. The first-order valence-corrected chi connectivity index (χ1v) is 5.51. The number of nitrogens with one attached hydrogen (secondary N) is 1. The van der Waals surface area contributed by atoms with Crippen molar-refractivity contribution in [2.24, 2.45) is 0 Å². The Morgan fingerprint density at radius 1 is 1.36 bits per heavy atom. The van der Waals surface area contributed by atoms with Gasteiger partial charge in [0.05, 0.1) is 6.04 Å². The van der Waals surface area contributed by atoms with Crippen LogP contribution in [0.2, 0.25) is 0 Å². The van der Waals surface area contributed by atoms with Crippen LogP contribution in [0.25, 0.3) is 0 Å². The van der Waals surface area contributed by atoms with Gasteiger partial charge in [-0.15, -0.1) is 0 Å². The van der Waals surface area contributed by atoms with Gasteiger partial charge in [-0.1, -0.05) is 46.3 Å². The number of alkyl carbamates (subject to hydrolysis) is 1. The normalized spacial score (nSPS) is 25.6. The third kappa shape index (κ3) is 1.75. The van der Waals surface area contributed by atoms with Crippen LogP contribution in [0.5, 0.6) is 0 Å². The number of benzene rings is 1. The van der Waals surface area contributed by atoms with Gasteiger partial charge in [0.2, 0.25) is 0 Å². The second-order valence-corrected chi connectivity index (χ2v) is 3.79. The zero-order chi connectivity index (χ0) is 9.97. The summed E-state index contributed by atoms with van der Waals surface area (Å²) in [6.07, 6.45) is -0.522. The van der Waals surface area contributed by atoms with Crippen molar-refractivity contribution < 1.29 is 9.53 Å². The highest BCUT2D eigenvalue weighted by Crippen LogP contribution is 2.26.